The van der Waals surface area contributed by atoms with Gasteiger partial charge in [0.15, 0.2) is 5.82 Å². The summed E-state index contributed by atoms with van der Waals surface area (Å²) in [6.45, 7) is 7.70. The van der Waals surface area contributed by atoms with E-state index in [0.29, 0.717) is 53.0 Å². The van der Waals surface area contributed by atoms with Gasteiger partial charge in [0.25, 0.3) is 5.56 Å². The summed E-state index contributed by atoms with van der Waals surface area (Å²) in [7, 11) is 3.64. The Morgan fingerprint density at radius 2 is 1.65 bits per heavy atom. The monoisotopic (exact) mass is 771 g/mol. The minimum atomic E-state index is -0.542. The van der Waals surface area contributed by atoms with E-state index in [0.717, 1.165) is 92.0 Å². The molecule has 57 heavy (non-hydrogen) atoms. The van der Waals surface area contributed by atoms with Gasteiger partial charge in [-0.3, -0.25) is 24.5 Å². The first-order valence-corrected chi connectivity index (χ1v) is 19.9. The number of urea groups is 1. The summed E-state index contributed by atoms with van der Waals surface area (Å²) >= 11 is 0. The Kier molecular flexibility index (Phi) is 9.35. The number of anilines is 4. The molecule has 4 aliphatic heterocycles. The highest BCUT2D eigenvalue weighted by Crippen LogP contribution is 2.43. The van der Waals surface area contributed by atoms with E-state index < -0.39 is 6.03 Å². The lowest BCUT2D eigenvalue weighted by molar-refractivity contribution is -0.120. The Balaban J connectivity index is 0.878. The zero-order valence-corrected chi connectivity index (χ0v) is 32.6. The molecule has 3 aromatic carbocycles. The van der Waals surface area contributed by atoms with Crippen LogP contribution in [-0.2, 0) is 18.9 Å². The number of imide groups is 1. The molecule has 3 fully saturated rings. The number of amides is 3. The summed E-state index contributed by atoms with van der Waals surface area (Å²) in [5, 5.41) is 18.1. The lowest BCUT2D eigenvalue weighted by Crippen LogP contribution is -2.49. The van der Waals surface area contributed by atoms with Crippen molar-refractivity contribution in [3.63, 3.8) is 0 Å². The summed E-state index contributed by atoms with van der Waals surface area (Å²) < 4.78 is 25.2. The van der Waals surface area contributed by atoms with Gasteiger partial charge < -0.3 is 24.0 Å². The summed E-state index contributed by atoms with van der Waals surface area (Å²) in [5.41, 5.74) is 6.56. The van der Waals surface area contributed by atoms with Crippen LogP contribution in [0.4, 0.5) is 32.1 Å². The molecule has 0 saturated carbocycles. The average Bonchev–Trinajstić information content (AvgIpc) is 3.53. The molecule has 9 rings (SSSR count). The smallest absolute Gasteiger partial charge is 0.329 e. The first-order chi connectivity index (χ1) is 27.6. The second-order valence-electron chi connectivity index (χ2n) is 16.0. The average molecular weight is 772 g/mol. The molecule has 6 heterocycles. The molecule has 0 spiro atoms. The van der Waals surface area contributed by atoms with Gasteiger partial charge in [-0.1, -0.05) is 0 Å². The Labute approximate surface area is 329 Å². The second-order valence-corrected chi connectivity index (χ2v) is 16.0. The maximum atomic E-state index is 15.7. The Morgan fingerprint density at radius 3 is 2.40 bits per heavy atom. The van der Waals surface area contributed by atoms with E-state index in [2.05, 4.69) is 43.3 Å². The third kappa shape index (κ3) is 6.63. The van der Waals surface area contributed by atoms with Crippen molar-refractivity contribution in [3.8, 4) is 11.8 Å². The van der Waals surface area contributed by atoms with Gasteiger partial charge in [0.2, 0.25) is 5.91 Å². The first kappa shape index (κ1) is 36.7. The van der Waals surface area contributed by atoms with Crippen LogP contribution in [0, 0.1) is 30.0 Å². The van der Waals surface area contributed by atoms with Crippen LogP contribution in [0.15, 0.2) is 53.3 Å². The Morgan fingerprint density at radius 1 is 0.860 bits per heavy atom. The van der Waals surface area contributed by atoms with Gasteiger partial charge in [-0.05, 0) is 112 Å². The van der Waals surface area contributed by atoms with E-state index in [1.165, 1.54) is 16.5 Å². The minimum absolute atomic E-state index is 0.00186. The number of pyridine rings is 1. The molecule has 2 aromatic heterocycles. The van der Waals surface area contributed by atoms with Gasteiger partial charge in [0, 0.05) is 63.0 Å². The van der Waals surface area contributed by atoms with Crippen LogP contribution >= 0.6 is 0 Å². The van der Waals surface area contributed by atoms with Crippen molar-refractivity contribution in [3.05, 3.63) is 81.4 Å². The van der Waals surface area contributed by atoms with Crippen molar-refractivity contribution in [1.29, 1.82) is 5.26 Å². The third-order valence-electron chi connectivity index (χ3n) is 12.5. The summed E-state index contributed by atoms with van der Waals surface area (Å²) in [5.74, 6) is 1.28. The number of hydrogen-bond acceptors (Lipinski definition) is 9. The summed E-state index contributed by atoms with van der Waals surface area (Å²) in [6, 6.07) is 17.1. The Hall–Kier alpha value is -5.94. The summed E-state index contributed by atoms with van der Waals surface area (Å²) in [6.07, 6.45) is 4.12. The molecule has 0 radical (unpaired) electrons. The van der Waals surface area contributed by atoms with E-state index in [9.17, 15) is 19.6 Å². The highest BCUT2D eigenvalue weighted by atomic mass is 19.1. The quantitative estimate of drug-likeness (QED) is 0.227. The second kappa shape index (κ2) is 14.5. The number of fused-ring (bicyclic) bond motifs is 3. The van der Waals surface area contributed by atoms with Gasteiger partial charge in [0.1, 0.15) is 18.2 Å². The third-order valence-corrected chi connectivity index (χ3v) is 12.5. The number of aromatic nitrogens is 3. The fraction of sp³-hybridized carbons (Fsp3) is 0.419. The van der Waals surface area contributed by atoms with Crippen molar-refractivity contribution in [2.75, 3.05) is 67.1 Å². The van der Waals surface area contributed by atoms with E-state index in [-0.39, 0.29) is 30.2 Å². The Bertz CT molecular complexity index is 2540. The molecule has 3 amide bonds. The van der Waals surface area contributed by atoms with Crippen LogP contribution in [-0.4, -0.2) is 83.6 Å². The van der Waals surface area contributed by atoms with Gasteiger partial charge in [-0.15, -0.1) is 0 Å². The molecular formula is C43H46FN9O4. The molecular weight excluding hydrogens is 726 g/mol. The number of piperidine rings is 2. The first-order valence-electron chi connectivity index (χ1n) is 19.9. The lowest BCUT2D eigenvalue weighted by atomic mass is 9.87. The van der Waals surface area contributed by atoms with Crippen molar-refractivity contribution < 1.29 is 18.7 Å². The van der Waals surface area contributed by atoms with E-state index >= 15 is 4.39 Å². The molecule has 1 N–H and O–H groups in total. The number of hydrogen-bond donors (Lipinski definition) is 1. The molecule has 14 heteroatoms. The van der Waals surface area contributed by atoms with Crippen LogP contribution in [0.5, 0.6) is 5.75 Å². The van der Waals surface area contributed by atoms with Crippen molar-refractivity contribution in [2.45, 2.75) is 44.9 Å². The van der Waals surface area contributed by atoms with E-state index in [1.54, 1.807) is 22.4 Å². The SMILES string of the molecule is Cc1cc2c(N3CCOc4ccc(C#N)cc43)cc(C3CCN(CC4CCN(c5cc6c(cc5F)c(N5CCC(=O)NC5=O)nn6C)CC4)CC3)cc2n(C)c1=O. The number of carbonyl (C=O) groups excluding carboxylic acids is 2. The lowest BCUT2D eigenvalue weighted by Gasteiger charge is -2.39. The molecule has 0 aliphatic carbocycles. The predicted molar refractivity (Wildman–Crippen MR) is 217 cm³/mol. The largest absolute Gasteiger partial charge is 0.490 e. The number of nitrogens with one attached hydrogen (secondary N) is 1. The minimum Gasteiger partial charge on any atom is -0.490 e. The molecule has 3 saturated heterocycles. The number of aryl methyl sites for hydroxylation is 3. The van der Waals surface area contributed by atoms with Crippen LogP contribution < -0.4 is 30.3 Å². The number of ether oxygens (including phenoxy) is 1. The maximum Gasteiger partial charge on any atom is 0.329 e. The van der Waals surface area contributed by atoms with Crippen LogP contribution in [0.2, 0.25) is 0 Å². The van der Waals surface area contributed by atoms with E-state index in [4.69, 9.17) is 4.74 Å². The molecule has 294 valence electrons. The maximum absolute atomic E-state index is 15.7. The van der Waals surface area contributed by atoms with Gasteiger partial charge in [0.05, 0.1) is 46.3 Å². The van der Waals surface area contributed by atoms with Gasteiger partial charge >= 0.3 is 6.03 Å². The fourth-order valence-corrected chi connectivity index (χ4v) is 9.34. The van der Waals surface area contributed by atoms with E-state index in [1.807, 2.05) is 38.2 Å². The molecule has 0 bridgehead atoms. The zero-order chi connectivity index (χ0) is 39.5. The molecule has 5 aromatic rings. The standard InChI is InChI=1S/C43H46FN9O4/c1-26-18-31-34(48(2)42(26)55)20-30(21-36(31)52-16-17-57-39-5-4-28(24-45)19-38(39)52)29-8-11-50(12-9-29)25-27-6-13-51(14-7-27)37-23-35-32(22-33(37)44)41(47-49(35)3)53-15-10-40(54)46-43(53)56/h4-5,18-23,27,29H,6-17,25H2,1-3H3,(H,46,54,56). The molecule has 0 atom stereocenters. The van der Waals surface area contributed by atoms with Crippen molar-refractivity contribution in [1.82, 2.24) is 24.6 Å². The van der Waals surface area contributed by atoms with Crippen molar-refractivity contribution in [2.24, 2.45) is 20.0 Å². The highest BCUT2D eigenvalue weighted by molar-refractivity contribution is 6.09. The number of carbonyl (C=O) groups is 2. The number of nitriles is 1. The van der Waals surface area contributed by atoms with Crippen LogP contribution in [0.25, 0.3) is 21.8 Å². The topological polar surface area (TPSA) is 132 Å². The number of nitrogens with zero attached hydrogens (tertiary/aromatic N) is 8. The zero-order valence-electron chi connectivity index (χ0n) is 32.6. The predicted octanol–water partition coefficient (Wildman–Crippen LogP) is 5.82. The van der Waals surface area contributed by atoms with Gasteiger partial charge in [-0.25, -0.2) is 9.18 Å². The number of likely N-dealkylation sites (tertiary alicyclic amines) is 1. The molecule has 4 aliphatic rings. The molecule has 0 unspecified atom stereocenters. The summed E-state index contributed by atoms with van der Waals surface area (Å²) in [4.78, 5) is 45.7. The number of rotatable bonds is 6. The molecule has 13 nitrogen and oxygen atoms in total. The van der Waals surface area contributed by atoms with Crippen molar-refractivity contribution >= 4 is 56.6 Å². The van der Waals surface area contributed by atoms with Gasteiger partial charge in [-0.2, -0.15) is 10.4 Å². The number of halogens is 1. The van der Waals surface area contributed by atoms with Crippen LogP contribution in [0.3, 0.4) is 0 Å². The van der Waals surface area contributed by atoms with Crippen LogP contribution in [0.1, 0.15) is 54.7 Å². The fourth-order valence-electron chi connectivity index (χ4n) is 9.34. The highest BCUT2D eigenvalue weighted by Gasteiger charge is 2.31. The number of benzene rings is 3. The normalized spacial score (nSPS) is 18.5.